The van der Waals surface area contributed by atoms with E-state index in [1.54, 1.807) is 0 Å². The molecule has 0 amide bonds. The zero-order valence-corrected chi connectivity index (χ0v) is 14.3. The summed E-state index contributed by atoms with van der Waals surface area (Å²) in [5.74, 6) is 0.891. The Morgan fingerprint density at radius 2 is 1.33 bits per heavy atom. The Morgan fingerprint density at radius 1 is 0.708 bits per heavy atom. The van der Waals surface area contributed by atoms with Crippen molar-refractivity contribution in [2.45, 2.75) is 6.42 Å². The van der Waals surface area contributed by atoms with Crippen LogP contribution in [0.5, 0.6) is 0 Å². The van der Waals surface area contributed by atoms with Crippen LogP contribution in [0.3, 0.4) is 0 Å². The highest BCUT2D eigenvalue weighted by molar-refractivity contribution is 6.30. The van der Waals surface area contributed by atoms with Crippen LogP contribution in [0.4, 0.5) is 0 Å². The van der Waals surface area contributed by atoms with Crippen LogP contribution >= 0.6 is 23.2 Å². The van der Waals surface area contributed by atoms with Crippen LogP contribution in [0.2, 0.25) is 10.0 Å². The second-order valence-electron chi connectivity index (χ2n) is 5.72. The average Bonchev–Trinajstić information content (AvgIpc) is 2.96. The van der Waals surface area contributed by atoms with E-state index in [0.717, 1.165) is 33.7 Å². The predicted molar refractivity (Wildman–Crippen MR) is 101 cm³/mol. The molecule has 0 aliphatic rings. The maximum Gasteiger partial charge on any atom is 0.138 e. The van der Waals surface area contributed by atoms with Gasteiger partial charge in [0.05, 0.1) is 0 Å². The van der Waals surface area contributed by atoms with E-state index in [0.29, 0.717) is 5.02 Å². The fourth-order valence-corrected chi connectivity index (χ4v) is 3.17. The number of halogens is 2. The van der Waals surface area contributed by atoms with Crippen LogP contribution in [0.25, 0.3) is 22.3 Å². The van der Waals surface area contributed by atoms with Crippen LogP contribution < -0.4 is 0 Å². The molecule has 118 valence electrons. The van der Waals surface area contributed by atoms with E-state index in [1.165, 1.54) is 11.1 Å². The Morgan fingerprint density at radius 3 is 2.04 bits per heavy atom. The molecule has 24 heavy (non-hydrogen) atoms. The first-order valence-electron chi connectivity index (χ1n) is 7.71. The normalized spacial score (nSPS) is 11.1. The van der Waals surface area contributed by atoms with E-state index >= 15 is 0 Å². The lowest BCUT2D eigenvalue weighted by atomic mass is 9.99. The predicted octanol–water partition coefficient (Wildman–Crippen LogP) is 7.00. The van der Waals surface area contributed by atoms with Crippen molar-refractivity contribution in [2.75, 3.05) is 0 Å². The lowest BCUT2D eigenvalue weighted by molar-refractivity contribution is 0.628. The molecule has 3 aromatic carbocycles. The Labute approximate surface area is 150 Å². The molecule has 0 atom stereocenters. The smallest absolute Gasteiger partial charge is 0.138 e. The molecular formula is C21H14Cl2O. The molecule has 0 bridgehead atoms. The van der Waals surface area contributed by atoms with E-state index in [2.05, 4.69) is 18.2 Å². The summed E-state index contributed by atoms with van der Waals surface area (Å²) in [7, 11) is 0. The van der Waals surface area contributed by atoms with Gasteiger partial charge in [0.2, 0.25) is 0 Å². The lowest BCUT2D eigenvalue weighted by Gasteiger charge is -2.05. The summed E-state index contributed by atoms with van der Waals surface area (Å²) >= 11 is 12.0. The van der Waals surface area contributed by atoms with Gasteiger partial charge in [0, 0.05) is 33.0 Å². The number of rotatable bonds is 3. The monoisotopic (exact) mass is 352 g/mol. The van der Waals surface area contributed by atoms with Gasteiger partial charge in [-0.05, 0) is 48.0 Å². The number of para-hydroxylation sites is 1. The third-order valence-corrected chi connectivity index (χ3v) is 4.60. The molecule has 4 rings (SSSR count). The van der Waals surface area contributed by atoms with E-state index in [1.807, 2.05) is 54.6 Å². The third kappa shape index (κ3) is 2.93. The number of furan rings is 1. The maximum atomic E-state index is 6.15. The molecular weight excluding hydrogens is 339 g/mol. The van der Waals surface area contributed by atoms with Gasteiger partial charge in [0.25, 0.3) is 0 Å². The van der Waals surface area contributed by atoms with E-state index in [4.69, 9.17) is 27.6 Å². The molecule has 3 heteroatoms. The number of fused-ring (bicyclic) bond motifs is 1. The van der Waals surface area contributed by atoms with Crippen molar-refractivity contribution in [1.82, 2.24) is 0 Å². The summed E-state index contributed by atoms with van der Waals surface area (Å²) < 4.78 is 6.15. The van der Waals surface area contributed by atoms with Crippen LogP contribution in [-0.2, 0) is 6.42 Å². The summed E-state index contributed by atoms with van der Waals surface area (Å²) in [5, 5.41) is 2.60. The van der Waals surface area contributed by atoms with Gasteiger partial charge in [0.1, 0.15) is 11.3 Å². The quantitative estimate of drug-likeness (QED) is 0.387. The minimum absolute atomic E-state index is 0.717. The topological polar surface area (TPSA) is 13.1 Å². The largest absolute Gasteiger partial charge is 0.456 e. The van der Waals surface area contributed by atoms with E-state index < -0.39 is 0 Å². The second-order valence-corrected chi connectivity index (χ2v) is 6.59. The van der Waals surface area contributed by atoms with Crippen LogP contribution in [-0.4, -0.2) is 0 Å². The van der Waals surface area contributed by atoms with Gasteiger partial charge in [-0.15, -0.1) is 0 Å². The Hall–Kier alpha value is -2.22. The summed E-state index contributed by atoms with van der Waals surface area (Å²) in [6.45, 7) is 0. The zero-order chi connectivity index (χ0) is 16.5. The molecule has 4 aromatic rings. The molecule has 0 saturated heterocycles. The van der Waals surface area contributed by atoms with E-state index in [9.17, 15) is 0 Å². The van der Waals surface area contributed by atoms with Crippen LogP contribution in [0, 0.1) is 0 Å². The van der Waals surface area contributed by atoms with Crippen molar-refractivity contribution in [3.8, 4) is 11.3 Å². The minimum Gasteiger partial charge on any atom is -0.456 e. The molecule has 0 radical (unpaired) electrons. The second kappa shape index (κ2) is 6.35. The highest BCUT2D eigenvalue weighted by atomic mass is 35.5. The SMILES string of the molecule is Clc1ccc(Cc2c(-c3ccc(Cl)cc3)oc3ccccc23)cc1. The average molecular weight is 353 g/mol. The van der Waals surface area contributed by atoms with Crippen molar-refractivity contribution >= 4 is 34.2 Å². The molecule has 0 unspecified atom stereocenters. The summed E-state index contributed by atoms with van der Waals surface area (Å²) in [6, 6.07) is 23.8. The molecule has 0 aliphatic heterocycles. The van der Waals surface area contributed by atoms with Gasteiger partial charge in [-0.2, -0.15) is 0 Å². The van der Waals surface area contributed by atoms with Gasteiger partial charge in [-0.1, -0.05) is 53.5 Å². The fraction of sp³-hybridized carbons (Fsp3) is 0.0476. The summed E-state index contributed by atoms with van der Waals surface area (Å²) in [4.78, 5) is 0. The number of hydrogen-bond acceptors (Lipinski definition) is 1. The molecule has 0 aliphatic carbocycles. The first-order valence-corrected chi connectivity index (χ1v) is 8.47. The van der Waals surface area contributed by atoms with Gasteiger partial charge >= 0.3 is 0 Å². The van der Waals surface area contributed by atoms with Crippen molar-refractivity contribution in [3.05, 3.63) is 94.0 Å². The Bertz CT molecular complexity index is 983. The van der Waals surface area contributed by atoms with Crippen LogP contribution in [0.1, 0.15) is 11.1 Å². The fourth-order valence-electron chi connectivity index (χ4n) is 2.92. The standard InChI is InChI=1S/C21H14Cl2O/c22-16-9-5-14(6-10-16)13-19-18-3-1-2-4-20(18)24-21(19)15-7-11-17(23)12-8-15/h1-12H,13H2. The first kappa shape index (κ1) is 15.3. The van der Waals surface area contributed by atoms with Gasteiger partial charge in [0.15, 0.2) is 0 Å². The highest BCUT2D eigenvalue weighted by Gasteiger charge is 2.16. The van der Waals surface area contributed by atoms with Gasteiger partial charge < -0.3 is 4.42 Å². The number of hydrogen-bond donors (Lipinski definition) is 0. The molecule has 0 spiro atoms. The van der Waals surface area contributed by atoms with Crippen molar-refractivity contribution in [2.24, 2.45) is 0 Å². The van der Waals surface area contributed by atoms with E-state index in [-0.39, 0.29) is 0 Å². The van der Waals surface area contributed by atoms with Crippen molar-refractivity contribution in [3.63, 3.8) is 0 Å². The van der Waals surface area contributed by atoms with Crippen LogP contribution in [0.15, 0.2) is 77.2 Å². The number of benzene rings is 3. The molecule has 1 nitrogen and oxygen atoms in total. The molecule has 0 saturated carbocycles. The maximum absolute atomic E-state index is 6.15. The molecule has 1 heterocycles. The zero-order valence-electron chi connectivity index (χ0n) is 12.8. The van der Waals surface area contributed by atoms with Gasteiger partial charge in [-0.3, -0.25) is 0 Å². The molecule has 1 aromatic heterocycles. The highest BCUT2D eigenvalue weighted by Crippen LogP contribution is 2.35. The van der Waals surface area contributed by atoms with Crippen molar-refractivity contribution < 1.29 is 4.42 Å². The Kier molecular flexibility index (Phi) is 4.05. The first-order chi connectivity index (χ1) is 11.7. The third-order valence-electron chi connectivity index (χ3n) is 4.10. The summed E-state index contributed by atoms with van der Waals surface area (Å²) in [5.41, 5.74) is 4.29. The van der Waals surface area contributed by atoms with Gasteiger partial charge in [-0.25, -0.2) is 0 Å². The minimum atomic E-state index is 0.717. The molecule has 0 fully saturated rings. The lowest BCUT2D eigenvalue weighted by Crippen LogP contribution is -1.89. The summed E-state index contributed by atoms with van der Waals surface area (Å²) in [6.07, 6.45) is 0.784. The molecule has 0 N–H and O–H groups in total. The Balaban J connectivity index is 1.86. The van der Waals surface area contributed by atoms with Crippen molar-refractivity contribution in [1.29, 1.82) is 0 Å².